The van der Waals surface area contributed by atoms with Gasteiger partial charge in [-0.3, -0.25) is 25.0 Å². The molecule has 2 aromatic rings. The fourth-order valence-electron chi connectivity index (χ4n) is 5.40. The number of imidazole rings is 1. The molecule has 3 aliphatic rings. The molecule has 0 bridgehead atoms. The number of barbiturate groups is 1. The van der Waals surface area contributed by atoms with Crippen molar-refractivity contribution in [1.82, 2.24) is 20.6 Å². The highest BCUT2D eigenvalue weighted by Crippen LogP contribution is 2.46. The lowest BCUT2D eigenvalue weighted by Gasteiger charge is -2.55. The number of H-pyrrole nitrogens is 1. The fraction of sp³-hybridized carbons (Fsp3) is 0.435. The maximum Gasteiger partial charge on any atom is 0.328 e. The third-order valence-corrected chi connectivity index (χ3v) is 6.85. The molecular formula is C23H24FN5O5. The van der Waals surface area contributed by atoms with Crippen LogP contribution in [0.4, 0.5) is 14.9 Å². The zero-order valence-electron chi connectivity index (χ0n) is 18.5. The molecule has 0 saturated carbocycles. The van der Waals surface area contributed by atoms with Gasteiger partial charge in [-0.25, -0.2) is 14.2 Å². The highest BCUT2D eigenvalue weighted by Gasteiger charge is 2.63. The average molecular weight is 469 g/mol. The van der Waals surface area contributed by atoms with Crippen LogP contribution in [-0.2, 0) is 27.2 Å². The topological polar surface area (TPSA) is 133 Å². The van der Waals surface area contributed by atoms with Crippen LogP contribution in [0, 0.1) is 5.41 Å². The lowest BCUT2D eigenvalue weighted by molar-refractivity contribution is -0.154. The molecule has 11 heteroatoms. The number of hydrogen-bond acceptors (Lipinski definition) is 7. The van der Waals surface area contributed by atoms with Crippen LogP contribution >= 0.6 is 0 Å². The summed E-state index contributed by atoms with van der Waals surface area (Å²) in [5.74, 6) is -0.871. The van der Waals surface area contributed by atoms with Gasteiger partial charge in [-0.05, 0) is 37.1 Å². The van der Waals surface area contributed by atoms with E-state index in [9.17, 15) is 23.6 Å². The number of fused-ring (bicyclic) bond motifs is 4. The van der Waals surface area contributed by atoms with Crippen LogP contribution in [0.3, 0.4) is 0 Å². The van der Waals surface area contributed by atoms with E-state index in [1.54, 1.807) is 37.5 Å². The van der Waals surface area contributed by atoms with E-state index in [0.29, 0.717) is 29.1 Å². The molecule has 1 aromatic heterocycles. The average Bonchev–Trinajstić information content (AvgIpc) is 3.33. The number of hydrogen-bond donors (Lipinski definition) is 3. The van der Waals surface area contributed by atoms with E-state index in [2.05, 4.69) is 20.6 Å². The predicted octanol–water partition coefficient (Wildman–Crippen LogP) is 1.07. The second-order valence-corrected chi connectivity index (χ2v) is 8.90. The number of benzene rings is 1. The minimum absolute atomic E-state index is 0.0260. The number of amides is 4. The van der Waals surface area contributed by atoms with Crippen LogP contribution in [-0.4, -0.2) is 65.1 Å². The molecule has 1 spiro atoms. The Morgan fingerprint density at radius 2 is 2.03 bits per heavy atom. The minimum atomic E-state index is -1.67. The number of aromatic nitrogens is 2. The summed E-state index contributed by atoms with van der Waals surface area (Å²) in [6, 6.07) is 3.52. The molecule has 1 aromatic carbocycles. The molecule has 3 N–H and O–H groups in total. The number of alkyl halides is 1. The van der Waals surface area contributed by atoms with Crippen molar-refractivity contribution in [3.63, 3.8) is 0 Å². The highest BCUT2D eigenvalue weighted by molar-refractivity contribution is 6.20. The van der Waals surface area contributed by atoms with Gasteiger partial charge in [-0.2, -0.15) is 0 Å². The number of carbonyl (C=O) groups is 4. The number of aryl methyl sites for hydroxylation is 1. The maximum absolute atomic E-state index is 13.6. The van der Waals surface area contributed by atoms with Gasteiger partial charge >= 0.3 is 6.03 Å². The van der Waals surface area contributed by atoms with E-state index in [-0.39, 0.29) is 25.2 Å². The molecule has 3 atom stereocenters. The quantitative estimate of drug-likeness (QED) is 0.441. The Hall–Kier alpha value is -3.60. The van der Waals surface area contributed by atoms with Crippen LogP contribution in [0.25, 0.3) is 0 Å². The normalized spacial score (nSPS) is 25.4. The van der Waals surface area contributed by atoms with Gasteiger partial charge in [-0.15, -0.1) is 0 Å². The number of halogens is 1. The van der Waals surface area contributed by atoms with E-state index in [0.717, 1.165) is 0 Å². The van der Waals surface area contributed by atoms with Crippen LogP contribution < -0.4 is 15.5 Å². The molecule has 3 aliphatic heterocycles. The van der Waals surface area contributed by atoms with Crippen molar-refractivity contribution < 1.29 is 28.3 Å². The van der Waals surface area contributed by atoms with Gasteiger partial charge < -0.3 is 14.6 Å². The van der Waals surface area contributed by atoms with Crippen molar-refractivity contribution in [2.45, 2.75) is 44.4 Å². The van der Waals surface area contributed by atoms with Gasteiger partial charge in [0.2, 0.25) is 11.8 Å². The number of urea groups is 1. The Kier molecular flexibility index (Phi) is 5.43. The van der Waals surface area contributed by atoms with Gasteiger partial charge in [0.25, 0.3) is 0 Å². The number of nitrogens with zero attached hydrogens (tertiary/aromatic N) is 2. The lowest BCUT2D eigenvalue weighted by Crippen LogP contribution is -2.75. The third-order valence-electron chi connectivity index (χ3n) is 6.85. The molecule has 0 aliphatic carbocycles. The highest BCUT2D eigenvalue weighted by atomic mass is 19.1. The molecule has 34 heavy (non-hydrogen) atoms. The smallest absolute Gasteiger partial charge is 0.328 e. The molecule has 4 amide bonds. The summed E-state index contributed by atoms with van der Waals surface area (Å²) >= 11 is 0. The molecule has 2 fully saturated rings. The number of nitrogens with one attached hydrogen (secondary N) is 3. The van der Waals surface area contributed by atoms with E-state index >= 15 is 0 Å². The first kappa shape index (κ1) is 22.2. The Morgan fingerprint density at radius 3 is 2.71 bits per heavy atom. The summed E-state index contributed by atoms with van der Waals surface area (Å²) < 4.78 is 19.4. The van der Waals surface area contributed by atoms with Crippen LogP contribution in [0.2, 0.25) is 0 Å². The first-order chi connectivity index (χ1) is 16.3. The van der Waals surface area contributed by atoms with E-state index in [1.165, 1.54) is 0 Å². The summed E-state index contributed by atoms with van der Waals surface area (Å²) in [5.41, 5.74) is 0.0861. The van der Waals surface area contributed by atoms with E-state index < -0.39 is 48.2 Å². The SMILES string of the molecule is C[C@@H]1O[C@H](CF)CN2c3ccc(C(=O)CCc4ncc[nH]4)cc3CC3(C(=O)NC(=O)NC3=O)[C@@H]12. The second kappa shape index (κ2) is 8.32. The number of ketones is 1. The molecule has 5 rings (SSSR count). The van der Waals surface area contributed by atoms with Gasteiger partial charge in [0.1, 0.15) is 18.6 Å². The Morgan fingerprint density at radius 1 is 1.26 bits per heavy atom. The number of rotatable bonds is 5. The number of imide groups is 2. The number of morpholine rings is 1. The molecule has 10 nitrogen and oxygen atoms in total. The van der Waals surface area contributed by atoms with Gasteiger partial charge in [0.15, 0.2) is 11.2 Å². The molecule has 2 saturated heterocycles. The van der Waals surface area contributed by atoms with Crippen LogP contribution in [0.1, 0.15) is 35.1 Å². The molecule has 0 radical (unpaired) electrons. The standard InChI is InChI=1S/C23H24FN5O5/c1-12-19-23(20(31)27-22(33)28-21(23)32)9-14-8-13(17(30)4-5-18-25-6-7-26-18)2-3-16(14)29(19)11-15(10-24)34-12/h2-3,6-8,12,15,19H,4-5,9-11H2,1H3,(H,25,26)(H2,27,28,31,32,33)/t12-,15+,19+/m0/s1. The minimum Gasteiger partial charge on any atom is -0.369 e. The Bertz CT molecular complexity index is 1150. The predicted molar refractivity (Wildman–Crippen MR) is 117 cm³/mol. The number of aromatic amines is 1. The Labute approximate surface area is 194 Å². The molecule has 178 valence electrons. The number of ether oxygens (including phenoxy) is 1. The largest absolute Gasteiger partial charge is 0.369 e. The van der Waals surface area contributed by atoms with Crippen molar-refractivity contribution in [2.24, 2.45) is 5.41 Å². The molecule has 4 heterocycles. The number of Topliss-reactive ketones (excluding diaryl/α,β-unsaturated/α-hetero) is 1. The summed E-state index contributed by atoms with van der Waals surface area (Å²) in [4.78, 5) is 59.9. The van der Waals surface area contributed by atoms with Crippen molar-refractivity contribution in [1.29, 1.82) is 0 Å². The zero-order valence-corrected chi connectivity index (χ0v) is 18.5. The van der Waals surface area contributed by atoms with Gasteiger partial charge in [0.05, 0.1) is 12.1 Å². The first-order valence-electron chi connectivity index (χ1n) is 11.1. The summed E-state index contributed by atoms with van der Waals surface area (Å²) in [7, 11) is 0. The summed E-state index contributed by atoms with van der Waals surface area (Å²) in [6.45, 7) is 1.09. The van der Waals surface area contributed by atoms with Crippen molar-refractivity contribution in [3.8, 4) is 0 Å². The van der Waals surface area contributed by atoms with E-state index in [4.69, 9.17) is 4.74 Å². The van der Waals surface area contributed by atoms with Crippen molar-refractivity contribution >= 4 is 29.3 Å². The number of anilines is 1. The van der Waals surface area contributed by atoms with Crippen molar-refractivity contribution in [2.75, 3.05) is 18.1 Å². The van der Waals surface area contributed by atoms with E-state index in [1.807, 2.05) is 4.90 Å². The monoisotopic (exact) mass is 469 g/mol. The van der Waals surface area contributed by atoms with Crippen molar-refractivity contribution in [3.05, 3.63) is 47.5 Å². The number of carbonyl (C=O) groups excluding carboxylic acids is 4. The van der Waals surface area contributed by atoms with Gasteiger partial charge in [0, 0.05) is 43.0 Å². The maximum atomic E-state index is 13.6. The zero-order chi connectivity index (χ0) is 24.0. The lowest BCUT2D eigenvalue weighted by atomic mass is 9.66. The molecule has 0 unspecified atom stereocenters. The summed E-state index contributed by atoms with van der Waals surface area (Å²) in [5, 5.41) is 4.42. The van der Waals surface area contributed by atoms with Gasteiger partial charge in [-0.1, -0.05) is 0 Å². The first-order valence-corrected chi connectivity index (χ1v) is 11.1. The third kappa shape index (κ3) is 3.47. The fourth-order valence-corrected chi connectivity index (χ4v) is 5.40. The summed E-state index contributed by atoms with van der Waals surface area (Å²) in [6.07, 6.45) is 2.56. The van der Waals surface area contributed by atoms with Crippen LogP contribution in [0.5, 0.6) is 0 Å². The second-order valence-electron chi connectivity index (χ2n) is 8.90. The van der Waals surface area contributed by atoms with Crippen LogP contribution in [0.15, 0.2) is 30.6 Å². The Balaban J connectivity index is 1.53. The molecular weight excluding hydrogens is 445 g/mol.